The van der Waals surface area contributed by atoms with Crippen LogP contribution >= 0.6 is 11.6 Å². The first-order valence-electron chi connectivity index (χ1n) is 11.0. The molecule has 0 fully saturated rings. The van der Waals surface area contributed by atoms with Crippen molar-refractivity contribution < 1.29 is 28.9 Å². The third-order valence-electron chi connectivity index (χ3n) is 5.68. The summed E-state index contributed by atoms with van der Waals surface area (Å²) in [5.74, 6) is -2.49. The third kappa shape index (κ3) is 6.58. The van der Waals surface area contributed by atoms with Crippen LogP contribution in [0, 0.1) is 11.7 Å². The molecule has 0 saturated carbocycles. The van der Waals surface area contributed by atoms with Crippen molar-refractivity contribution >= 4 is 23.5 Å². The van der Waals surface area contributed by atoms with Crippen LogP contribution in [0.25, 0.3) is 5.69 Å². The Morgan fingerprint density at radius 3 is 2.54 bits per heavy atom. The SMILES string of the molecule is CC(C)[C@](C)(O)COc1cc(C(=O)N[C@@H](CC(=O)O)c2cccc(Cl)c2)nn1-c1ccccc1F. The molecule has 0 radical (unpaired) electrons. The molecule has 0 spiro atoms. The van der Waals surface area contributed by atoms with Gasteiger partial charge < -0.3 is 20.3 Å². The Morgan fingerprint density at radius 2 is 1.91 bits per heavy atom. The van der Waals surface area contributed by atoms with Gasteiger partial charge in [0, 0.05) is 11.1 Å². The molecule has 0 saturated heterocycles. The fourth-order valence-electron chi connectivity index (χ4n) is 3.14. The number of nitrogens with one attached hydrogen (secondary N) is 1. The topological polar surface area (TPSA) is 114 Å². The Balaban J connectivity index is 1.95. The summed E-state index contributed by atoms with van der Waals surface area (Å²) < 4.78 is 21.4. The zero-order chi connectivity index (χ0) is 25.8. The first-order valence-corrected chi connectivity index (χ1v) is 11.3. The van der Waals surface area contributed by atoms with Gasteiger partial charge >= 0.3 is 5.97 Å². The van der Waals surface area contributed by atoms with Crippen molar-refractivity contribution in [2.45, 2.75) is 38.8 Å². The highest BCUT2D eigenvalue weighted by atomic mass is 35.5. The number of nitrogens with zero attached hydrogens (tertiary/aromatic N) is 2. The summed E-state index contributed by atoms with van der Waals surface area (Å²) >= 11 is 6.03. The van der Waals surface area contributed by atoms with E-state index in [1.54, 1.807) is 37.3 Å². The molecule has 3 rings (SSSR count). The van der Waals surface area contributed by atoms with Crippen molar-refractivity contribution in [3.05, 3.63) is 76.7 Å². The van der Waals surface area contributed by atoms with Gasteiger partial charge in [-0.3, -0.25) is 9.59 Å². The number of hydrogen-bond acceptors (Lipinski definition) is 5. The minimum absolute atomic E-state index is 0.0405. The first-order chi connectivity index (χ1) is 16.5. The quantitative estimate of drug-likeness (QED) is 0.378. The Morgan fingerprint density at radius 1 is 1.20 bits per heavy atom. The van der Waals surface area contributed by atoms with E-state index in [2.05, 4.69) is 10.4 Å². The van der Waals surface area contributed by atoms with Gasteiger partial charge in [0.15, 0.2) is 5.69 Å². The molecule has 0 bridgehead atoms. The molecule has 2 atom stereocenters. The van der Waals surface area contributed by atoms with Crippen LogP contribution in [0.2, 0.25) is 5.02 Å². The molecule has 0 unspecified atom stereocenters. The summed E-state index contributed by atoms with van der Waals surface area (Å²) in [6, 6.07) is 12.8. The summed E-state index contributed by atoms with van der Waals surface area (Å²) in [7, 11) is 0. The Kier molecular flexibility index (Phi) is 8.14. The summed E-state index contributed by atoms with van der Waals surface area (Å²) in [4.78, 5) is 24.5. The lowest BCUT2D eigenvalue weighted by Crippen LogP contribution is -2.38. The number of carboxylic acids is 1. The molecule has 0 aliphatic carbocycles. The maximum Gasteiger partial charge on any atom is 0.305 e. The molecule has 1 amide bonds. The molecule has 1 heterocycles. The highest BCUT2D eigenvalue weighted by Gasteiger charge is 2.28. The lowest BCUT2D eigenvalue weighted by atomic mass is 9.94. The summed E-state index contributed by atoms with van der Waals surface area (Å²) in [6.45, 7) is 5.14. The molecule has 0 aliphatic heterocycles. The fourth-order valence-corrected chi connectivity index (χ4v) is 3.34. The number of aromatic nitrogens is 2. The van der Waals surface area contributed by atoms with E-state index in [0.717, 1.165) is 4.68 Å². The first kappa shape index (κ1) is 26.2. The largest absolute Gasteiger partial charge is 0.481 e. The number of hydrogen-bond donors (Lipinski definition) is 3. The lowest BCUT2D eigenvalue weighted by Gasteiger charge is -2.27. The number of amides is 1. The van der Waals surface area contributed by atoms with Crippen molar-refractivity contribution in [2.75, 3.05) is 6.61 Å². The second-order valence-electron chi connectivity index (χ2n) is 8.71. The average molecular weight is 504 g/mol. The zero-order valence-corrected chi connectivity index (χ0v) is 20.3. The van der Waals surface area contributed by atoms with Crippen LogP contribution in [0.5, 0.6) is 5.88 Å². The van der Waals surface area contributed by atoms with Crippen LogP contribution in [0.15, 0.2) is 54.6 Å². The minimum Gasteiger partial charge on any atom is -0.481 e. The van der Waals surface area contributed by atoms with Crippen LogP contribution < -0.4 is 10.1 Å². The van der Waals surface area contributed by atoms with Gasteiger partial charge in [-0.25, -0.2) is 4.39 Å². The predicted molar refractivity (Wildman–Crippen MR) is 128 cm³/mol. The van der Waals surface area contributed by atoms with Crippen molar-refractivity contribution in [3.63, 3.8) is 0 Å². The average Bonchev–Trinajstić information content (AvgIpc) is 3.21. The zero-order valence-electron chi connectivity index (χ0n) is 19.5. The number of aliphatic carboxylic acids is 1. The van der Waals surface area contributed by atoms with Gasteiger partial charge in [-0.15, -0.1) is 0 Å². The molecule has 186 valence electrons. The summed E-state index contributed by atoms with van der Waals surface area (Å²) in [5, 5.41) is 27.1. The van der Waals surface area contributed by atoms with Crippen LogP contribution in [0.4, 0.5) is 4.39 Å². The molecule has 35 heavy (non-hydrogen) atoms. The van der Waals surface area contributed by atoms with Crippen molar-refractivity contribution in [1.29, 1.82) is 0 Å². The number of carbonyl (C=O) groups is 2. The van der Waals surface area contributed by atoms with Crippen molar-refractivity contribution in [1.82, 2.24) is 15.1 Å². The van der Waals surface area contributed by atoms with E-state index in [1.807, 2.05) is 13.8 Å². The van der Waals surface area contributed by atoms with Gasteiger partial charge in [0.2, 0.25) is 5.88 Å². The van der Waals surface area contributed by atoms with E-state index in [1.165, 1.54) is 24.3 Å². The number of carboxylic acid groups (broad SMARTS) is 1. The van der Waals surface area contributed by atoms with Gasteiger partial charge in [-0.2, -0.15) is 9.78 Å². The van der Waals surface area contributed by atoms with E-state index in [-0.39, 0.29) is 36.2 Å². The van der Waals surface area contributed by atoms with E-state index in [9.17, 15) is 24.2 Å². The molecule has 0 aliphatic rings. The molecule has 8 nitrogen and oxygen atoms in total. The molecule has 10 heteroatoms. The fraction of sp³-hybridized carbons (Fsp3) is 0.320. The van der Waals surface area contributed by atoms with Gasteiger partial charge in [-0.1, -0.05) is 49.7 Å². The Hall–Kier alpha value is -3.43. The van der Waals surface area contributed by atoms with E-state index >= 15 is 0 Å². The van der Waals surface area contributed by atoms with Crippen molar-refractivity contribution in [3.8, 4) is 11.6 Å². The smallest absolute Gasteiger partial charge is 0.305 e. The normalized spacial score (nSPS) is 13.8. The second kappa shape index (κ2) is 10.9. The lowest BCUT2D eigenvalue weighted by molar-refractivity contribution is -0.137. The number of rotatable bonds is 10. The van der Waals surface area contributed by atoms with E-state index < -0.39 is 29.3 Å². The predicted octanol–water partition coefficient (Wildman–Crippen LogP) is 4.40. The highest BCUT2D eigenvalue weighted by Crippen LogP contribution is 2.26. The van der Waals surface area contributed by atoms with E-state index in [4.69, 9.17) is 16.3 Å². The summed E-state index contributed by atoms with van der Waals surface area (Å²) in [5.41, 5.74) is -0.759. The van der Waals surface area contributed by atoms with Crippen LogP contribution in [0.3, 0.4) is 0 Å². The van der Waals surface area contributed by atoms with Crippen LogP contribution in [-0.4, -0.2) is 44.1 Å². The monoisotopic (exact) mass is 503 g/mol. The van der Waals surface area contributed by atoms with Gasteiger partial charge in [-0.05, 0) is 42.7 Å². The number of para-hydroxylation sites is 1. The third-order valence-corrected chi connectivity index (χ3v) is 5.92. The standard InChI is InChI=1S/C25H27ClFN3O5/c1-15(2)25(3,34)14-35-22-12-20(29-30(22)21-10-5-4-9-18(21)27)24(33)28-19(13-23(31)32)16-7-6-8-17(26)11-16/h4-12,15,19,34H,13-14H2,1-3H3,(H,28,33)(H,31,32)/t19-,25+/m0/s1. The van der Waals surface area contributed by atoms with E-state index in [0.29, 0.717) is 10.6 Å². The molecular weight excluding hydrogens is 477 g/mol. The molecule has 3 N–H and O–H groups in total. The number of benzene rings is 2. The van der Waals surface area contributed by atoms with Crippen LogP contribution in [0.1, 0.15) is 49.3 Å². The molecule has 2 aromatic carbocycles. The number of carbonyl (C=O) groups excluding carboxylic acids is 1. The Labute approximate surface area is 207 Å². The van der Waals surface area contributed by atoms with Gasteiger partial charge in [0.05, 0.1) is 18.1 Å². The number of ether oxygens (including phenoxy) is 1. The maximum absolute atomic E-state index is 14.5. The van der Waals surface area contributed by atoms with Gasteiger partial charge in [0.1, 0.15) is 18.1 Å². The number of aliphatic hydroxyl groups is 1. The molecular formula is C25H27ClFN3O5. The Bertz CT molecular complexity index is 1210. The van der Waals surface area contributed by atoms with Gasteiger partial charge in [0.25, 0.3) is 5.91 Å². The van der Waals surface area contributed by atoms with Crippen molar-refractivity contribution in [2.24, 2.45) is 5.92 Å². The summed E-state index contributed by atoms with van der Waals surface area (Å²) in [6.07, 6.45) is -0.388. The van der Waals surface area contributed by atoms with Crippen LogP contribution in [-0.2, 0) is 4.79 Å². The number of halogens is 2. The minimum atomic E-state index is -1.19. The highest BCUT2D eigenvalue weighted by molar-refractivity contribution is 6.30. The maximum atomic E-state index is 14.5. The second-order valence-corrected chi connectivity index (χ2v) is 9.15. The molecule has 1 aromatic heterocycles. The molecule has 3 aromatic rings.